The summed E-state index contributed by atoms with van der Waals surface area (Å²) >= 11 is 0. The van der Waals surface area contributed by atoms with Gasteiger partial charge in [-0.05, 0) is 102 Å². The smallest absolute Gasteiger partial charge is 0.306 e. The third-order valence-corrected chi connectivity index (χ3v) is 10.2. The third-order valence-electron chi connectivity index (χ3n) is 10.2. The number of nitrogens with one attached hydrogen (secondary N) is 4. The van der Waals surface area contributed by atoms with Gasteiger partial charge in [0.15, 0.2) is 0 Å². The average molecular weight is 725 g/mol. The van der Waals surface area contributed by atoms with Gasteiger partial charge in [0.1, 0.15) is 5.76 Å². The normalized spacial score (nSPS) is 26.7. The van der Waals surface area contributed by atoms with Crippen molar-refractivity contribution in [3.8, 4) is 0 Å². The van der Waals surface area contributed by atoms with E-state index in [0.717, 1.165) is 83.6 Å². The summed E-state index contributed by atoms with van der Waals surface area (Å²) < 4.78 is 0. The van der Waals surface area contributed by atoms with Crippen LogP contribution in [0.4, 0.5) is 0 Å². The minimum absolute atomic E-state index is 0. The monoisotopic (exact) mass is 725 g/mol. The molecule has 0 heterocycles. The molecule has 4 aliphatic rings. The van der Waals surface area contributed by atoms with E-state index in [0.29, 0.717) is 59.6 Å². The summed E-state index contributed by atoms with van der Waals surface area (Å²) in [5.41, 5.74) is -0.107. The van der Waals surface area contributed by atoms with E-state index in [1.54, 1.807) is 0 Å². The number of rotatable bonds is 13. The predicted molar refractivity (Wildman–Crippen MR) is 212 cm³/mol. The molecule has 8 N–H and O–H groups in total. The summed E-state index contributed by atoms with van der Waals surface area (Å²) in [5.74, 6) is 0.236. The van der Waals surface area contributed by atoms with Gasteiger partial charge in [0.2, 0.25) is 0 Å². The van der Waals surface area contributed by atoms with E-state index in [1.165, 1.54) is 12.8 Å². The van der Waals surface area contributed by atoms with Crippen molar-refractivity contribution in [3.05, 3.63) is 24.7 Å². The Labute approximate surface area is 312 Å². The molecule has 0 unspecified atom stereocenters. The molecule has 4 aliphatic carbocycles. The topological polar surface area (TPSA) is 163 Å². The van der Waals surface area contributed by atoms with Crippen LogP contribution in [0.25, 0.3) is 0 Å². The Morgan fingerprint density at radius 2 is 0.863 bits per heavy atom. The molecule has 4 fully saturated rings. The lowest BCUT2D eigenvalue weighted by atomic mass is 9.85. The largest absolute Gasteiger partial charge is 0.513 e. The molecule has 0 saturated heterocycles. The first-order valence-corrected chi connectivity index (χ1v) is 19.6. The Bertz CT molecular complexity index is 893. The van der Waals surface area contributed by atoms with Crippen LogP contribution in [-0.4, -0.2) is 80.7 Å². The van der Waals surface area contributed by atoms with Gasteiger partial charge in [0.05, 0.1) is 23.1 Å². The van der Waals surface area contributed by atoms with Crippen molar-refractivity contribution in [2.24, 2.45) is 23.7 Å². The van der Waals surface area contributed by atoms with E-state index in [2.05, 4.69) is 89.8 Å². The highest BCUT2D eigenvalue weighted by molar-refractivity contribution is 5.70. The summed E-state index contributed by atoms with van der Waals surface area (Å²) in [4.78, 5) is 21.3. The van der Waals surface area contributed by atoms with Crippen LogP contribution in [0.2, 0.25) is 0 Å². The molecule has 0 atom stereocenters. The fraction of sp³-hybridized carbons (Fsp3) is 0.854. The predicted octanol–water partition coefficient (Wildman–Crippen LogP) is 8.34. The zero-order chi connectivity index (χ0) is 38.0. The van der Waals surface area contributed by atoms with Crippen LogP contribution in [0.15, 0.2) is 24.7 Å². The molecular formula is C41H80N4O6. The van der Waals surface area contributed by atoms with Crippen LogP contribution in [0, 0.1) is 23.7 Å². The average Bonchev–Trinajstić information content (AvgIpc) is 3.83. The molecule has 0 radical (unpaired) electrons. The quantitative estimate of drug-likeness (QED) is 0.0867. The number of carboxylic acid groups (broad SMARTS) is 2. The van der Waals surface area contributed by atoms with Gasteiger partial charge >= 0.3 is 11.9 Å². The van der Waals surface area contributed by atoms with E-state index in [-0.39, 0.29) is 24.8 Å². The number of carboxylic acids is 2. The molecule has 10 heteroatoms. The van der Waals surface area contributed by atoms with E-state index in [1.807, 2.05) is 0 Å². The molecule has 0 aliphatic heterocycles. The van der Waals surface area contributed by atoms with Crippen molar-refractivity contribution in [1.82, 2.24) is 21.3 Å². The Kier molecular flexibility index (Phi) is 23.9. The Morgan fingerprint density at radius 3 is 1.06 bits per heavy atom. The van der Waals surface area contributed by atoms with Crippen molar-refractivity contribution in [2.75, 3.05) is 6.54 Å². The van der Waals surface area contributed by atoms with Crippen LogP contribution in [0.1, 0.15) is 153 Å². The Morgan fingerprint density at radius 1 is 0.569 bits per heavy atom. The number of allylic oxidation sites excluding steroid dienone is 1. The summed E-state index contributed by atoms with van der Waals surface area (Å²) in [7, 11) is 0. The summed E-state index contributed by atoms with van der Waals surface area (Å²) in [6.07, 6.45) is 13.9. The molecule has 4 saturated carbocycles. The maximum Gasteiger partial charge on any atom is 0.306 e. The van der Waals surface area contributed by atoms with Gasteiger partial charge in [-0.1, -0.05) is 76.0 Å². The number of carbonyl (C=O) groups is 2. The van der Waals surface area contributed by atoms with Crippen molar-refractivity contribution in [3.63, 3.8) is 0 Å². The summed E-state index contributed by atoms with van der Waals surface area (Å²) in [6.45, 7) is 25.3. The standard InChI is InChI=1S/C11H21NO.2C10H19NO2.C9H17NO.CH4/c1-8(2)12-11-6-4-10(5-7-11)9(3)13;2*1-7(2)11-9-5-3-8(4-6-9)10(12)13;1-7(2)6-10-9(4-5-9)8(3)11;/h8,10-13H,3-7H2,1-2H3;2*7-9,11H,3-6H2,1-2H3,(H,12,13);7,10-11H,3-6H2,1-2H3;1H4. The first-order valence-electron chi connectivity index (χ1n) is 19.6. The second-order valence-corrected chi connectivity index (χ2v) is 16.6. The molecule has 0 bridgehead atoms. The number of aliphatic hydroxyl groups excluding tert-OH is 2. The zero-order valence-electron chi connectivity index (χ0n) is 32.9. The molecule has 0 aromatic carbocycles. The minimum atomic E-state index is -0.622. The van der Waals surface area contributed by atoms with Gasteiger partial charge < -0.3 is 41.7 Å². The van der Waals surface area contributed by atoms with Crippen LogP contribution in [-0.2, 0) is 9.59 Å². The number of hydrogen-bond acceptors (Lipinski definition) is 8. The SMILES string of the molecule is C.C=C(O)C1(NCC(C)C)CC1.C=C(O)C1CCC(NC(C)C)CC1.CC(C)NC1CCC(C(=O)O)CC1.CC(C)NC1CCC(C(=O)O)CC1. The zero-order valence-corrected chi connectivity index (χ0v) is 32.9. The lowest BCUT2D eigenvalue weighted by Crippen LogP contribution is -2.38. The maximum atomic E-state index is 10.7. The van der Waals surface area contributed by atoms with Crippen LogP contribution in [0.3, 0.4) is 0 Å². The van der Waals surface area contributed by atoms with Gasteiger partial charge in [-0.3, -0.25) is 9.59 Å². The van der Waals surface area contributed by atoms with Crippen LogP contribution in [0.5, 0.6) is 0 Å². The highest BCUT2D eigenvalue weighted by atomic mass is 16.4. The second-order valence-electron chi connectivity index (χ2n) is 16.6. The highest BCUT2D eigenvalue weighted by Crippen LogP contribution is 2.40. The van der Waals surface area contributed by atoms with Gasteiger partial charge in [0, 0.05) is 42.2 Å². The molecule has 0 amide bonds. The van der Waals surface area contributed by atoms with E-state index < -0.39 is 11.9 Å². The fourth-order valence-electron chi connectivity index (χ4n) is 7.11. The van der Waals surface area contributed by atoms with Gasteiger partial charge in [-0.25, -0.2) is 0 Å². The Hall–Kier alpha value is -2.14. The highest BCUT2D eigenvalue weighted by Gasteiger charge is 2.45. The van der Waals surface area contributed by atoms with Crippen molar-refractivity contribution >= 4 is 11.9 Å². The first kappa shape index (κ1) is 48.9. The number of aliphatic hydroxyl groups is 2. The van der Waals surface area contributed by atoms with Crippen molar-refractivity contribution in [1.29, 1.82) is 0 Å². The molecule has 0 aromatic heterocycles. The van der Waals surface area contributed by atoms with E-state index in [4.69, 9.17) is 10.2 Å². The molecule has 300 valence electrons. The van der Waals surface area contributed by atoms with E-state index >= 15 is 0 Å². The first-order chi connectivity index (χ1) is 23.3. The molecule has 0 aromatic rings. The number of hydrogen-bond donors (Lipinski definition) is 8. The summed E-state index contributed by atoms with van der Waals surface area (Å²) in [6, 6.07) is 3.30. The summed E-state index contributed by atoms with van der Waals surface area (Å²) in [5, 5.41) is 49.7. The lowest BCUT2D eigenvalue weighted by Gasteiger charge is -2.29. The van der Waals surface area contributed by atoms with Crippen LogP contribution < -0.4 is 21.3 Å². The maximum absolute atomic E-state index is 10.7. The van der Waals surface area contributed by atoms with Crippen molar-refractivity contribution < 1.29 is 30.0 Å². The molecule has 10 nitrogen and oxygen atoms in total. The third kappa shape index (κ3) is 21.2. The van der Waals surface area contributed by atoms with Crippen LogP contribution >= 0.6 is 0 Å². The van der Waals surface area contributed by atoms with Gasteiger partial charge in [0.25, 0.3) is 0 Å². The Balaban J connectivity index is 0.000000651. The van der Waals surface area contributed by atoms with Gasteiger partial charge in [-0.15, -0.1) is 0 Å². The molecular weight excluding hydrogens is 644 g/mol. The fourth-order valence-corrected chi connectivity index (χ4v) is 7.11. The van der Waals surface area contributed by atoms with Gasteiger partial charge in [-0.2, -0.15) is 0 Å². The minimum Gasteiger partial charge on any atom is -0.513 e. The van der Waals surface area contributed by atoms with Crippen molar-refractivity contribution in [2.45, 2.75) is 194 Å². The second kappa shape index (κ2) is 25.0. The molecule has 51 heavy (non-hydrogen) atoms. The molecule has 0 spiro atoms. The van der Waals surface area contributed by atoms with E-state index in [9.17, 15) is 19.8 Å². The molecule has 4 rings (SSSR count). The number of aliphatic carboxylic acids is 2. The lowest BCUT2D eigenvalue weighted by molar-refractivity contribution is -0.143.